The van der Waals surface area contributed by atoms with Gasteiger partial charge in [-0.25, -0.2) is 0 Å². The van der Waals surface area contributed by atoms with Gasteiger partial charge in [0.05, 0.1) is 32.7 Å². The first-order valence-corrected chi connectivity index (χ1v) is 9.98. The number of nitrogens with one attached hydrogen (secondary N) is 1. The third kappa shape index (κ3) is 5.33. The standard InChI is InChI=1S/C22H26ClN3O2/c1-17-4-3-5-18(14-17)15-25-10-12-26(13-11-25)21(27)16-24(2)22(28)19-6-8-20(23)9-7-19/h3-9,14H,10-13,15-16H2,1-2H3/p+1. The summed E-state index contributed by atoms with van der Waals surface area (Å²) < 4.78 is 0. The van der Waals surface area contributed by atoms with E-state index in [0.717, 1.165) is 32.7 Å². The second kappa shape index (κ2) is 9.22. The Labute approximate surface area is 171 Å². The molecule has 6 heteroatoms. The third-order valence-electron chi connectivity index (χ3n) is 5.17. The smallest absolute Gasteiger partial charge is 0.254 e. The minimum atomic E-state index is -0.172. The Hall–Kier alpha value is -2.37. The number of halogens is 1. The van der Waals surface area contributed by atoms with Crippen LogP contribution in [0.25, 0.3) is 0 Å². The van der Waals surface area contributed by atoms with Crippen LogP contribution in [0.5, 0.6) is 0 Å². The summed E-state index contributed by atoms with van der Waals surface area (Å²) in [5.41, 5.74) is 3.15. The number of rotatable bonds is 5. The first-order valence-electron chi connectivity index (χ1n) is 9.60. The predicted molar refractivity (Wildman–Crippen MR) is 111 cm³/mol. The van der Waals surface area contributed by atoms with E-state index in [0.29, 0.717) is 10.6 Å². The van der Waals surface area contributed by atoms with E-state index in [-0.39, 0.29) is 18.4 Å². The Balaban J connectivity index is 1.48. The van der Waals surface area contributed by atoms with Gasteiger partial charge in [0.2, 0.25) is 5.91 Å². The number of hydrogen-bond donors (Lipinski definition) is 1. The molecule has 0 aromatic heterocycles. The molecule has 0 atom stereocenters. The van der Waals surface area contributed by atoms with Crippen LogP contribution in [0, 0.1) is 6.92 Å². The lowest BCUT2D eigenvalue weighted by atomic mass is 10.1. The van der Waals surface area contributed by atoms with Crippen LogP contribution < -0.4 is 4.90 Å². The maximum absolute atomic E-state index is 12.6. The van der Waals surface area contributed by atoms with Crippen molar-refractivity contribution in [3.8, 4) is 0 Å². The zero-order valence-electron chi connectivity index (χ0n) is 16.5. The van der Waals surface area contributed by atoms with Gasteiger partial charge in [-0.3, -0.25) is 9.59 Å². The van der Waals surface area contributed by atoms with Crippen LogP contribution in [0.15, 0.2) is 48.5 Å². The lowest BCUT2D eigenvalue weighted by Crippen LogP contribution is -3.13. The number of carbonyl (C=O) groups excluding carboxylic acids is 2. The molecule has 2 aromatic rings. The van der Waals surface area contributed by atoms with Gasteiger partial charge in [0, 0.05) is 23.2 Å². The molecule has 148 valence electrons. The van der Waals surface area contributed by atoms with Gasteiger partial charge < -0.3 is 14.7 Å². The molecule has 3 rings (SSSR count). The fraction of sp³-hybridized carbons (Fsp3) is 0.364. The van der Waals surface area contributed by atoms with E-state index in [9.17, 15) is 9.59 Å². The average Bonchev–Trinajstić information content (AvgIpc) is 2.68. The van der Waals surface area contributed by atoms with Gasteiger partial charge in [-0.1, -0.05) is 41.4 Å². The van der Waals surface area contributed by atoms with Crippen molar-refractivity contribution >= 4 is 23.4 Å². The van der Waals surface area contributed by atoms with Gasteiger partial charge in [-0.05, 0) is 31.2 Å². The second-order valence-corrected chi connectivity index (χ2v) is 7.90. The Morgan fingerprint density at radius 1 is 1.11 bits per heavy atom. The molecule has 1 N–H and O–H groups in total. The summed E-state index contributed by atoms with van der Waals surface area (Å²) in [6.07, 6.45) is 0. The van der Waals surface area contributed by atoms with Gasteiger partial charge in [0.25, 0.3) is 5.91 Å². The molecular formula is C22H27ClN3O2+. The zero-order chi connectivity index (χ0) is 20.1. The number of hydrogen-bond acceptors (Lipinski definition) is 2. The first-order chi connectivity index (χ1) is 13.4. The number of quaternary nitrogens is 1. The van der Waals surface area contributed by atoms with Gasteiger partial charge >= 0.3 is 0 Å². The topological polar surface area (TPSA) is 45.1 Å². The van der Waals surface area contributed by atoms with Crippen molar-refractivity contribution in [2.45, 2.75) is 13.5 Å². The summed E-state index contributed by atoms with van der Waals surface area (Å²) in [6.45, 7) is 6.49. The summed E-state index contributed by atoms with van der Waals surface area (Å²) in [6, 6.07) is 15.3. The van der Waals surface area contributed by atoms with Crippen molar-refractivity contribution in [3.63, 3.8) is 0 Å². The quantitative estimate of drug-likeness (QED) is 0.829. The van der Waals surface area contributed by atoms with E-state index >= 15 is 0 Å². The highest BCUT2D eigenvalue weighted by Crippen LogP contribution is 2.11. The van der Waals surface area contributed by atoms with Crippen molar-refractivity contribution in [2.24, 2.45) is 0 Å². The zero-order valence-corrected chi connectivity index (χ0v) is 17.2. The highest BCUT2D eigenvalue weighted by molar-refractivity contribution is 6.30. The lowest BCUT2D eigenvalue weighted by molar-refractivity contribution is -0.917. The van der Waals surface area contributed by atoms with Crippen LogP contribution in [-0.4, -0.2) is 61.4 Å². The number of amides is 2. The summed E-state index contributed by atoms with van der Waals surface area (Å²) in [5.74, 6) is -0.173. The molecule has 1 fully saturated rings. The lowest BCUT2D eigenvalue weighted by Gasteiger charge is -2.33. The fourth-order valence-corrected chi connectivity index (χ4v) is 3.67. The van der Waals surface area contributed by atoms with Crippen LogP contribution in [0.4, 0.5) is 0 Å². The number of piperazine rings is 1. The van der Waals surface area contributed by atoms with Gasteiger partial charge in [-0.15, -0.1) is 0 Å². The number of likely N-dealkylation sites (N-methyl/N-ethyl adjacent to an activating group) is 1. The monoisotopic (exact) mass is 400 g/mol. The molecule has 2 amide bonds. The van der Waals surface area contributed by atoms with Gasteiger partial charge in [0.1, 0.15) is 6.54 Å². The van der Waals surface area contributed by atoms with Gasteiger partial charge in [-0.2, -0.15) is 0 Å². The summed E-state index contributed by atoms with van der Waals surface area (Å²) in [4.78, 5) is 29.9. The minimum Gasteiger partial charge on any atom is -0.332 e. The molecule has 0 spiro atoms. The van der Waals surface area contributed by atoms with Crippen molar-refractivity contribution in [3.05, 3.63) is 70.2 Å². The summed E-state index contributed by atoms with van der Waals surface area (Å²) >= 11 is 5.86. The number of aryl methyl sites for hydroxylation is 1. The molecule has 2 aromatic carbocycles. The predicted octanol–water partition coefficient (Wildman–Crippen LogP) is 1.65. The third-order valence-corrected chi connectivity index (χ3v) is 5.42. The SMILES string of the molecule is Cc1cccc(C[NH+]2CCN(C(=O)CN(C)C(=O)c3ccc(Cl)cc3)CC2)c1. The molecule has 1 aliphatic heterocycles. The maximum Gasteiger partial charge on any atom is 0.254 e. The van der Waals surface area contributed by atoms with Crippen LogP contribution in [-0.2, 0) is 11.3 Å². The van der Waals surface area contributed by atoms with Crippen LogP contribution in [0.1, 0.15) is 21.5 Å². The first kappa shape index (κ1) is 20.4. The highest BCUT2D eigenvalue weighted by Gasteiger charge is 2.25. The van der Waals surface area contributed by atoms with E-state index in [4.69, 9.17) is 11.6 Å². The summed E-state index contributed by atoms with van der Waals surface area (Å²) in [5, 5.41) is 0.585. The second-order valence-electron chi connectivity index (χ2n) is 7.46. The molecule has 0 bridgehead atoms. The largest absolute Gasteiger partial charge is 0.332 e. The molecule has 28 heavy (non-hydrogen) atoms. The molecule has 1 heterocycles. The molecule has 1 saturated heterocycles. The van der Waals surface area contributed by atoms with Gasteiger partial charge in [0.15, 0.2) is 0 Å². The Kier molecular flexibility index (Phi) is 6.70. The van der Waals surface area contributed by atoms with E-state index < -0.39 is 0 Å². The molecule has 1 aliphatic rings. The summed E-state index contributed by atoms with van der Waals surface area (Å²) in [7, 11) is 1.66. The van der Waals surface area contributed by atoms with E-state index in [1.54, 1.807) is 31.3 Å². The average molecular weight is 401 g/mol. The highest BCUT2D eigenvalue weighted by atomic mass is 35.5. The van der Waals surface area contributed by atoms with Crippen molar-refractivity contribution in [1.82, 2.24) is 9.80 Å². The fourth-order valence-electron chi connectivity index (χ4n) is 3.55. The molecule has 0 unspecified atom stereocenters. The Bertz CT molecular complexity index is 830. The number of benzene rings is 2. The van der Waals surface area contributed by atoms with Crippen LogP contribution in [0.3, 0.4) is 0 Å². The molecular weight excluding hydrogens is 374 g/mol. The molecule has 0 saturated carbocycles. The van der Waals surface area contributed by atoms with Crippen molar-refractivity contribution in [2.75, 3.05) is 39.8 Å². The maximum atomic E-state index is 12.6. The Morgan fingerprint density at radius 2 is 1.79 bits per heavy atom. The number of carbonyl (C=O) groups is 2. The number of nitrogens with zero attached hydrogens (tertiary/aromatic N) is 2. The van der Waals surface area contributed by atoms with E-state index in [1.165, 1.54) is 20.9 Å². The van der Waals surface area contributed by atoms with Crippen LogP contribution >= 0.6 is 11.6 Å². The normalized spacial score (nSPS) is 14.8. The Morgan fingerprint density at radius 3 is 2.43 bits per heavy atom. The minimum absolute atomic E-state index is 0.000538. The van der Waals surface area contributed by atoms with E-state index in [1.807, 2.05) is 4.90 Å². The van der Waals surface area contributed by atoms with E-state index in [2.05, 4.69) is 31.2 Å². The molecule has 5 nitrogen and oxygen atoms in total. The molecule has 0 radical (unpaired) electrons. The molecule has 0 aliphatic carbocycles. The van der Waals surface area contributed by atoms with Crippen molar-refractivity contribution < 1.29 is 14.5 Å². The van der Waals surface area contributed by atoms with Crippen LogP contribution in [0.2, 0.25) is 5.02 Å². The van der Waals surface area contributed by atoms with Crippen molar-refractivity contribution in [1.29, 1.82) is 0 Å².